The highest BCUT2D eigenvalue weighted by Gasteiger charge is 2.21. The predicted octanol–water partition coefficient (Wildman–Crippen LogP) is 2.43. The first-order valence-electron chi connectivity index (χ1n) is 8.73. The Hall–Kier alpha value is -3.49. The van der Waals surface area contributed by atoms with Crippen molar-refractivity contribution in [3.8, 4) is 17.2 Å². The minimum absolute atomic E-state index is 0.304. The minimum Gasteiger partial charge on any atom is -0.493 e. The number of aromatic nitrogens is 4. The van der Waals surface area contributed by atoms with Crippen molar-refractivity contribution in [1.29, 1.82) is 0 Å². The summed E-state index contributed by atoms with van der Waals surface area (Å²) in [6.45, 7) is 3.41. The Morgan fingerprint density at radius 2 is 1.75 bits per heavy atom. The van der Waals surface area contributed by atoms with E-state index in [1.54, 1.807) is 35.4 Å². The van der Waals surface area contributed by atoms with Gasteiger partial charge in [0.2, 0.25) is 5.75 Å². The number of aryl methyl sites for hydroxylation is 1. The first-order valence-corrected chi connectivity index (χ1v) is 8.73. The Morgan fingerprint density at radius 1 is 1.00 bits per heavy atom. The Balaban J connectivity index is 1.76. The normalized spacial score (nSPS) is 10.6. The second kappa shape index (κ2) is 8.47. The molecular weight excluding hydrogens is 362 g/mol. The molecule has 1 N–H and O–H groups in total. The molecule has 0 bridgehead atoms. The average Bonchev–Trinajstić information content (AvgIpc) is 3.35. The fourth-order valence-corrected chi connectivity index (χ4v) is 2.84. The van der Waals surface area contributed by atoms with E-state index in [-0.39, 0.29) is 5.91 Å². The van der Waals surface area contributed by atoms with Gasteiger partial charge >= 0.3 is 0 Å². The third kappa shape index (κ3) is 3.93. The molecule has 0 atom stereocenters. The molecule has 2 heterocycles. The standard InChI is InChI=1S/C19H23N5O4/c1-5-23-10-13(8-20-23)11-24-12-14(9-21-24)22-19(25)15-6-7-16(26-2)18(28-4)17(15)27-3/h6-10,12H,5,11H2,1-4H3,(H,22,25). The maximum atomic E-state index is 12.7. The molecule has 1 aromatic carbocycles. The van der Waals surface area contributed by atoms with Gasteiger partial charge in [-0.2, -0.15) is 10.2 Å². The third-order valence-corrected chi connectivity index (χ3v) is 4.20. The lowest BCUT2D eigenvalue weighted by Gasteiger charge is -2.15. The highest BCUT2D eigenvalue weighted by Crippen LogP contribution is 2.39. The van der Waals surface area contributed by atoms with Crippen LogP contribution in [0.4, 0.5) is 5.69 Å². The van der Waals surface area contributed by atoms with Crippen molar-refractivity contribution in [3.63, 3.8) is 0 Å². The lowest BCUT2D eigenvalue weighted by Crippen LogP contribution is -2.13. The number of benzene rings is 1. The highest BCUT2D eigenvalue weighted by molar-refractivity contribution is 6.06. The summed E-state index contributed by atoms with van der Waals surface area (Å²) in [4.78, 5) is 12.7. The number of methoxy groups -OCH3 is 3. The number of carbonyl (C=O) groups is 1. The zero-order valence-electron chi connectivity index (χ0n) is 16.3. The maximum Gasteiger partial charge on any atom is 0.259 e. The van der Waals surface area contributed by atoms with Gasteiger partial charge in [-0.15, -0.1) is 0 Å². The largest absolute Gasteiger partial charge is 0.493 e. The Morgan fingerprint density at radius 3 is 2.39 bits per heavy atom. The predicted molar refractivity (Wildman–Crippen MR) is 103 cm³/mol. The van der Waals surface area contributed by atoms with Crippen molar-refractivity contribution < 1.29 is 19.0 Å². The van der Waals surface area contributed by atoms with Crippen LogP contribution < -0.4 is 19.5 Å². The van der Waals surface area contributed by atoms with Gasteiger partial charge in [-0.25, -0.2) is 0 Å². The van der Waals surface area contributed by atoms with E-state index in [0.717, 1.165) is 12.1 Å². The molecule has 0 aliphatic rings. The molecule has 3 rings (SSSR count). The van der Waals surface area contributed by atoms with Crippen LogP contribution in [0.5, 0.6) is 17.2 Å². The number of nitrogens with one attached hydrogen (secondary N) is 1. The first kappa shape index (κ1) is 19.3. The molecule has 0 aliphatic heterocycles. The molecule has 3 aromatic rings. The monoisotopic (exact) mass is 385 g/mol. The Kier molecular flexibility index (Phi) is 5.83. The number of hydrogen-bond acceptors (Lipinski definition) is 6. The first-order chi connectivity index (χ1) is 13.6. The molecular formula is C19H23N5O4. The van der Waals surface area contributed by atoms with Crippen LogP contribution in [0.2, 0.25) is 0 Å². The van der Waals surface area contributed by atoms with E-state index >= 15 is 0 Å². The minimum atomic E-state index is -0.337. The number of carbonyl (C=O) groups excluding carboxylic acids is 1. The van der Waals surface area contributed by atoms with Crippen molar-refractivity contribution in [1.82, 2.24) is 19.6 Å². The second-order valence-corrected chi connectivity index (χ2v) is 5.97. The van der Waals surface area contributed by atoms with Gasteiger partial charge in [-0.1, -0.05) is 0 Å². The molecule has 0 spiro atoms. The summed E-state index contributed by atoms with van der Waals surface area (Å²) in [5.41, 5.74) is 1.94. The third-order valence-electron chi connectivity index (χ3n) is 4.20. The molecule has 1 amide bonds. The summed E-state index contributed by atoms with van der Waals surface area (Å²) in [6.07, 6.45) is 7.12. The van der Waals surface area contributed by atoms with Crippen molar-refractivity contribution in [2.45, 2.75) is 20.0 Å². The fourth-order valence-electron chi connectivity index (χ4n) is 2.84. The maximum absolute atomic E-state index is 12.7. The van der Waals surface area contributed by atoms with Gasteiger partial charge < -0.3 is 19.5 Å². The molecule has 0 saturated heterocycles. The van der Waals surface area contributed by atoms with Crippen molar-refractivity contribution in [3.05, 3.63) is 48.0 Å². The molecule has 9 heteroatoms. The zero-order valence-corrected chi connectivity index (χ0v) is 16.3. The molecule has 0 fully saturated rings. The van der Waals surface area contributed by atoms with E-state index in [1.807, 2.05) is 17.8 Å². The second-order valence-electron chi connectivity index (χ2n) is 5.97. The Bertz CT molecular complexity index is 963. The number of anilines is 1. The van der Waals surface area contributed by atoms with Crippen LogP contribution >= 0.6 is 0 Å². The summed E-state index contributed by atoms with van der Waals surface area (Å²) >= 11 is 0. The van der Waals surface area contributed by atoms with E-state index in [9.17, 15) is 4.79 Å². The van der Waals surface area contributed by atoms with Gasteiger partial charge in [0.1, 0.15) is 0 Å². The highest BCUT2D eigenvalue weighted by atomic mass is 16.5. The number of nitrogens with zero attached hydrogens (tertiary/aromatic N) is 4. The molecule has 2 aromatic heterocycles. The zero-order chi connectivity index (χ0) is 20.1. The topological polar surface area (TPSA) is 92.4 Å². The van der Waals surface area contributed by atoms with Crippen LogP contribution in [0.25, 0.3) is 0 Å². The summed E-state index contributed by atoms with van der Waals surface area (Å²) in [7, 11) is 4.49. The van der Waals surface area contributed by atoms with Gasteiger partial charge in [-0.3, -0.25) is 14.2 Å². The van der Waals surface area contributed by atoms with E-state index in [1.165, 1.54) is 21.3 Å². The van der Waals surface area contributed by atoms with Gasteiger partial charge in [0, 0.05) is 24.5 Å². The van der Waals surface area contributed by atoms with E-state index in [0.29, 0.717) is 35.0 Å². The van der Waals surface area contributed by atoms with E-state index in [2.05, 4.69) is 15.5 Å². The van der Waals surface area contributed by atoms with Crippen LogP contribution in [0.3, 0.4) is 0 Å². The van der Waals surface area contributed by atoms with Gasteiger partial charge in [-0.05, 0) is 19.1 Å². The molecule has 148 valence electrons. The summed E-state index contributed by atoms with van der Waals surface area (Å²) in [5, 5.41) is 11.4. The van der Waals surface area contributed by atoms with Gasteiger partial charge in [0.05, 0.1) is 51.5 Å². The number of ether oxygens (including phenoxy) is 3. The molecule has 0 aliphatic carbocycles. The van der Waals surface area contributed by atoms with Crippen molar-refractivity contribution in [2.24, 2.45) is 0 Å². The molecule has 9 nitrogen and oxygen atoms in total. The van der Waals surface area contributed by atoms with Gasteiger partial charge in [0.15, 0.2) is 11.5 Å². The quantitative estimate of drug-likeness (QED) is 0.640. The molecule has 0 unspecified atom stereocenters. The van der Waals surface area contributed by atoms with Crippen LogP contribution in [0.1, 0.15) is 22.8 Å². The smallest absolute Gasteiger partial charge is 0.259 e. The van der Waals surface area contributed by atoms with Crippen LogP contribution in [0.15, 0.2) is 36.9 Å². The SMILES string of the molecule is CCn1cc(Cn2cc(NC(=O)c3ccc(OC)c(OC)c3OC)cn2)cn1. The van der Waals surface area contributed by atoms with E-state index in [4.69, 9.17) is 14.2 Å². The summed E-state index contributed by atoms with van der Waals surface area (Å²) in [6, 6.07) is 3.28. The Labute approximate surface area is 162 Å². The summed E-state index contributed by atoms with van der Waals surface area (Å²) in [5.74, 6) is 0.813. The van der Waals surface area contributed by atoms with Crippen LogP contribution in [0, 0.1) is 0 Å². The van der Waals surface area contributed by atoms with Crippen LogP contribution in [-0.4, -0.2) is 46.8 Å². The molecule has 0 saturated carbocycles. The molecule has 28 heavy (non-hydrogen) atoms. The number of rotatable bonds is 8. The molecule has 0 radical (unpaired) electrons. The lowest BCUT2D eigenvalue weighted by molar-refractivity contribution is 0.102. The number of amides is 1. The van der Waals surface area contributed by atoms with Crippen LogP contribution in [-0.2, 0) is 13.1 Å². The lowest BCUT2D eigenvalue weighted by atomic mass is 10.1. The average molecular weight is 385 g/mol. The van der Waals surface area contributed by atoms with Gasteiger partial charge in [0.25, 0.3) is 5.91 Å². The number of hydrogen-bond donors (Lipinski definition) is 1. The van der Waals surface area contributed by atoms with Crippen molar-refractivity contribution in [2.75, 3.05) is 26.6 Å². The van der Waals surface area contributed by atoms with Crippen molar-refractivity contribution >= 4 is 11.6 Å². The summed E-state index contributed by atoms with van der Waals surface area (Å²) < 4.78 is 19.5. The van der Waals surface area contributed by atoms with E-state index < -0.39 is 0 Å². The fraction of sp³-hybridized carbons (Fsp3) is 0.316.